The molecule has 0 bridgehead atoms. The summed E-state index contributed by atoms with van der Waals surface area (Å²) in [4.78, 5) is 0. The molecule has 0 aliphatic rings. The maximum atomic E-state index is 12.6. The Bertz CT molecular complexity index is 396. The van der Waals surface area contributed by atoms with Crippen LogP contribution in [0.5, 0.6) is 0 Å². The second kappa shape index (κ2) is 4.55. The SMILES string of the molecule is CC(C)c1ccccc1C(=NO)C(F)(F)F. The molecule has 0 saturated carbocycles. The largest absolute Gasteiger partial charge is 0.437 e. The smallest absolute Gasteiger partial charge is 0.410 e. The standard InChI is InChI=1S/C11H12F3NO/c1-7(2)8-5-3-4-6-9(8)10(15-16)11(12,13)14/h3-7,16H,1-2H3. The lowest BCUT2D eigenvalue weighted by atomic mass is 9.94. The third-order valence-corrected chi connectivity index (χ3v) is 2.21. The molecule has 0 radical (unpaired) electrons. The van der Waals surface area contributed by atoms with E-state index in [0.717, 1.165) is 0 Å². The fraction of sp³-hybridized carbons (Fsp3) is 0.364. The molecule has 5 heteroatoms. The molecule has 2 nitrogen and oxygen atoms in total. The van der Waals surface area contributed by atoms with Crippen molar-refractivity contribution < 1.29 is 18.4 Å². The van der Waals surface area contributed by atoms with Gasteiger partial charge in [-0.3, -0.25) is 0 Å². The van der Waals surface area contributed by atoms with Crippen molar-refractivity contribution in [1.82, 2.24) is 0 Å². The van der Waals surface area contributed by atoms with Gasteiger partial charge >= 0.3 is 6.18 Å². The van der Waals surface area contributed by atoms with Crippen LogP contribution in [0.1, 0.15) is 30.9 Å². The molecule has 0 amide bonds. The number of rotatable bonds is 2. The van der Waals surface area contributed by atoms with Crippen molar-refractivity contribution in [2.24, 2.45) is 5.16 Å². The van der Waals surface area contributed by atoms with E-state index in [4.69, 9.17) is 5.21 Å². The van der Waals surface area contributed by atoms with E-state index in [1.807, 2.05) is 0 Å². The average molecular weight is 231 g/mol. The summed E-state index contributed by atoms with van der Waals surface area (Å²) in [5.74, 6) is -0.0738. The van der Waals surface area contributed by atoms with Gasteiger partial charge in [0, 0.05) is 5.56 Å². The molecule has 1 aromatic rings. The second-order valence-electron chi connectivity index (χ2n) is 3.69. The molecular weight excluding hydrogens is 219 g/mol. The van der Waals surface area contributed by atoms with Gasteiger partial charge in [-0.2, -0.15) is 13.2 Å². The van der Waals surface area contributed by atoms with Crippen LogP contribution in [0, 0.1) is 0 Å². The molecule has 0 atom stereocenters. The third kappa shape index (κ3) is 2.53. The number of alkyl halides is 3. The Morgan fingerprint density at radius 2 is 1.81 bits per heavy atom. The van der Waals surface area contributed by atoms with Gasteiger partial charge in [-0.05, 0) is 11.5 Å². The summed E-state index contributed by atoms with van der Waals surface area (Å²) in [6.07, 6.45) is -4.65. The number of hydrogen-bond donors (Lipinski definition) is 1. The first-order valence-electron chi connectivity index (χ1n) is 4.76. The van der Waals surface area contributed by atoms with Gasteiger partial charge in [-0.25, -0.2) is 0 Å². The number of oxime groups is 1. The molecule has 88 valence electrons. The van der Waals surface area contributed by atoms with Crippen LogP contribution in [-0.2, 0) is 0 Å². The summed E-state index contributed by atoms with van der Waals surface area (Å²) in [5, 5.41) is 10.9. The van der Waals surface area contributed by atoms with Crippen LogP contribution in [-0.4, -0.2) is 17.1 Å². The lowest BCUT2D eigenvalue weighted by Gasteiger charge is -2.15. The van der Waals surface area contributed by atoms with E-state index in [1.165, 1.54) is 12.1 Å². The number of hydrogen-bond acceptors (Lipinski definition) is 2. The van der Waals surface area contributed by atoms with Crippen LogP contribution in [0.25, 0.3) is 0 Å². The summed E-state index contributed by atoms with van der Waals surface area (Å²) < 4.78 is 37.7. The van der Waals surface area contributed by atoms with Crippen molar-refractivity contribution in [1.29, 1.82) is 0 Å². The molecule has 0 unspecified atom stereocenters. The van der Waals surface area contributed by atoms with Gasteiger partial charge in [0.05, 0.1) is 0 Å². The highest BCUT2D eigenvalue weighted by Gasteiger charge is 2.38. The van der Waals surface area contributed by atoms with Crippen LogP contribution in [0.15, 0.2) is 29.4 Å². The zero-order valence-electron chi connectivity index (χ0n) is 8.92. The Morgan fingerprint density at radius 1 is 1.25 bits per heavy atom. The second-order valence-corrected chi connectivity index (χ2v) is 3.69. The number of benzene rings is 1. The normalized spacial score (nSPS) is 13.2. The van der Waals surface area contributed by atoms with Crippen molar-refractivity contribution in [2.75, 3.05) is 0 Å². The quantitative estimate of drug-likeness (QED) is 0.471. The molecule has 0 aromatic heterocycles. The molecule has 0 heterocycles. The fourth-order valence-electron chi connectivity index (χ4n) is 1.48. The molecule has 0 aliphatic heterocycles. The number of nitrogens with zero attached hydrogens (tertiary/aromatic N) is 1. The minimum Gasteiger partial charge on any atom is -0.410 e. The van der Waals surface area contributed by atoms with Crippen molar-refractivity contribution in [2.45, 2.75) is 25.9 Å². The van der Waals surface area contributed by atoms with Crippen LogP contribution >= 0.6 is 0 Å². The van der Waals surface area contributed by atoms with Crippen molar-refractivity contribution in [3.05, 3.63) is 35.4 Å². The van der Waals surface area contributed by atoms with Crippen molar-refractivity contribution in [3.8, 4) is 0 Å². The van der Waals surface area contributed by atoms with Gasteiger partial charge in [0.25, 0.3) is 0 Å². The van der Waals surface area contributed by atoms with E-state index in [2.05, 4.69) is 5.16 Å². The molecule has 1 rings (SSSR count). The molecule has 0 aliphatic carbocycles. The summed E-state index contributed by atoms with van der Waals surface area (Å²) in [6, 6.07) is 6.04. The zero-order chi connectivity index (χ0) is 12.3. The lowest BCUT2D eigenvalue weighted by molar-refractivity contribution is -0.0601. The summed E-state index contributed by atoms with van der Waals surface area (Å²) in [6.45, 7) is 3.56. The summed E-state index contributed by atoms with van der Waals surface area (Å²) in [5.41, 5.74) is -0.822. The maximum absolute atomic E-state index is 12.6. The highest BCUT2D eigenvalue weighted by atomic mass is 19.4. The van der Waals surface area contributed by atoms with E-state index >= 15 is 0 Å². The predicted octanol–water partition coefficient (Wildman–Crippen LogP) is 3.55. The average Bonchev–Trinajstić information content (AvgIpc) is 2.17. The molecule has 0 saturated heterocycles. The van der Waals surface area contributed by atoms with Crippen LogP contribution in [0.3, 0.4) is 0 Å². The Morgan fingerprint density at radius 3 is 2.25 bits per heavy atom. The minimum absolute atomic E-state index is 0.0738. The molecule has 1 N–H and O–H groups in total. The van der Waals surface area contributed by atoms with Crippen LogP contribution < -0.4 is 0 Å². The highest BCUT2D eigenvalue weighted by Crippen LogP contribution is 2.27. The fourth-order valence-corrected chi connectivity index (χ4v) is 1.48. The first-order chi connectivity index (χ1) is 7.38. The number of halogens is 3. The van der Waals surface area contributed by atoms with Gasteiger partial charge in [0.1, 0.15) is 0 Å². The Labute approximate surface area is 91.4 Å². The maximum Gasteiger partial charge on any atom is 0.437 e. The third-order valence-electron chi connectivity index (χ3n) is 2.21. The van der Waals surface area contributed by atoms with Crippen LogP contribution in [0.2, 0.25) is 0 Å². The van der Waals surface area contributed by atoms with Gasteiger partial charge in [-0.15, -0.1) is 0 Å². The van der Waals surface area contributed by atoms with E-state index in [9.17, 15) is 13.2 Å². The van der Waals surface area contributed by atoms with Gasteiger partial charge in [0.15, 0.2) is 5.71 Å². The first-order valence-corrected chi connectivity index (χ1v) is 4.76. The molecule has 16 heavy (non-hydrogen) atoms. The molecule has 1 aromatic carbocycles. The zero-order valence-corrected chi connectivity index (χ0v) is 8.92. The Kier molecular flexibility index (Phi) is 3.57. The van der Waals surface area contributed by atoms with Crippen LogP contribution in [0.4, 0.5) is 13.2 Å². The Hall–Kier alpha value is -1.52. The topological polar surface area (TPSA) is 32.6 Å². The highest BCUT2D eigenvalue weighted by molar-refractivity contribution is 6.05. The Balaban J connectivity index is 3.32. The van der Waals surface area contributed by atoms with E-state index in [1.54, 1.807) is 26.0 Å². The minimum atomic E-state index is -4.65. The first kappa shape index (κ1) is 12.5. The van der Waals surface area contributed by atoms with Crippen molar-refractivity contribution >= 4 is 5.71 Å². The van der Waals surface area contributed by atoms with Crippen molar-refractivity contribution in [3.63, 3.8) is 0 Å². The van der Waals surface area contributed by atoms with Gasteiger partial charge in [-0.1, -0.05) is 43.3 Å². The monoisotopic (exact) mass is 231 g/mol. The lowest BCUT2D eigenvalue weighted by Crippen LogP contribution is -2.25. The van der Waals surface area contributed by atoms with Gasteiger partial charge < -0.3 is 5.21 Å². The predicted molar refractivity (Wildman–Crippen MR) is 54.9 cm³/mol. The molecular formula is C11H12F3NO. The molecule has 0 spiro atoms. The van der Waals surface area contributed by atoms with E-state index in [-0.39, 0.29) is 11.5 Å². The van der Waals surface area contributed by atoms with Gasteiger partial charge in [0.2, 0.25) is 0 Å². The molecule has 0 fully saturated rings. The summed E-state index contributed by atoms with van der Waals surface area (Å²) in [7, 11) is 0. The van der Waals surface area contributed by atoms with E-state index in [0.29, 0.717) is 5.56 Å². The summed E-state index contributed by atoms with van der Waals surface area (Å²) >= 11 is 0. The van der Waals surface area contributed by atoms with E-state index < -0.39 is 11.9 Å².